The van der Waals surface area contributed by atoms with Crippen molar-refractivity contribution in [1.82, 2.24) is 0 Å². The summed E-state index contributed by atoms with van der Waals surface area (Å²) in [5.41, 5.74) is 1.56. The second kappa shape index (κ2) is 9.15. The van der Waals surface area contributed by atoms with Crippen molar-refractivity contribution >= 4 is 23.2 Å². The van der Waals surface area contributed by atoms with Crippen molar-refractivity contribution in [2.24, 2.45) is 0 Å². The quantitative estimate of drug-likeness (QED) is 0.466. The summed E-state index contributed by atoms with van der Waals surface area (Å²) in [5.74, 6) is 0. The van der Waals surface area contributed by atoms with Gasteiger partial charge in [0.2, 0.25) is 0 Å². The SMILES string of the molecule is CCCCc1ccccc1[PH](CCC)(c1ccccc1)c1ccccc1. The maximum atomic E-state index is 2.42. The monoisotopic (exact) mass is 362 g/mol. The van der Waals surface area contributed by atoms with Crippen LogP contribution in [0.3, 0.4) is 0 Å². The van der Waals surface area contributed by atoms with Crippen LogP contribution >= 0.6 is 7.26 Å². The number of unbranched alkanes of at least 4 members (excludes halogenated alkanes) is 1. The molecule has 0 amide bonds. The molecular formula is C25H31P. The number of aryl methyl sites for hydroxylation is 1. The molecule has 0 fully saturated rings. The van der Waals surface area contributed by atoms with Crippen LogP contribution in [0, 0.1) is 0 Å². The van der Waals surface area contributed by atoms with Crippen molar-refractivity contribution in [3.05, 3.63) is 90.5 Å². The van der Waals surface area contributed by atoms with Crippen molar-refractivity contribution < 1.29 is 0 Å². The Hall–Kier alpha value is -1.91. The molecule has 0 nitrogen and oxygen atoms in total. The fraction of sp³-hybridized carbons (Fsp3) is 0.280. The van der Waals surface area contributed by atoms with E-state index in [1.807, 2.05) is 0 Å². The van der Waals surface area contributed by atoms with Crippen LogP contribution in [-0.2, 0) is 6.42 Å². The van der Waals surface area contributed by atoms with Crippen molar-refractivity contribution in [1.29, 1.82) is 0 Å². The van der Waals surface area contributed by atoms with Crippen LogP contribution in [0.15, 0.2) is 84.9 Å². The van der Waals surface area contributed by atoms with Crippen molar-refractivity contribution in [3.8, 4) is 0 Å². The normalized spacial score (nSPS) is 12.1. The molecule has 1 heteroatoms. The molecule has 0 aliphatic carbocycles. The maximum absolute atomic E-state index is 2.42. The van der Waals surface area contributed by atoms with Crippen LogP contribution in [0.1, 0.15) is 38.7 Å². The summed E-state index contributed by atoms with van der Waals surface area (Å²) >= 11 is 0. The summed E-state index contributed by atoms with van der Waals surface area (Å²) in [6.07, 6.45) is 6.15. The fourth-order valence-electron chi connectivity index (χ4n) is 4.24. The molecule has 0 spiro atoms. The number of benzene rings is 3. The zero-order valence-corrected chi connectivity index (χ0v) is 17.1. The second-order valence-corrected chi connectivity index (χ2v) is 11.2. The Morgan fingerprint density at radius 1 is 0.615 bits per heavy atom. The fourth-order valence-corrected chi connectivity index (χ4v) is 9.46. The van der Waals surface area contributed by atoms with E-state index in [1.165, 1.54) is 42.5 Å². The Kier molecular flexibility index (Phi) is 6.64. The molecule has 0 atom stereocenters. The first-order valence-electron chi connectivity index (χ1n) is 10.0. The van der Waals surface area contributed by atoms with Crippen LogP contribution in [0.2, 0.25) is 0 Å². The molecule has 0 N–H and O–H groups in total. The molecule has 3 rings (SSSR count). The van der Waals surface area contributed by atoms with Crippen LogP contribution in [0.5, 0.6) is 0 Å². The summed E-state index contributed by atoms with van der Waals surface area (Å²) in [6, 6.07) is 31.9. The summed E-state index contributed by atoms with van der Waals surface area (Å²) in [5, 5.41) is 4.70. The Morgan fingerprint density at radius 3 is 1.69 bits per heavy atom. The van der Waals surface area contributed by atoms with Crippen LogP contribution in [0.4, 0.5) is 0 Å². The third-order valence-corrected chi connectivity index (χ3v) is 10.7. The van der Waals surface area contributed by atoms with E-state index < -0.39 is 7.26 Å². The van der Waals surface area contributed by atoms with Gasteiger partial charge >= 0.3 is 159 Å². The van der Waals surface area contributed by atoms with E-state index in [1.54, 1.807) is 10.9 Å². The molecule has 0 saturated heterocycles. The first-order chi connectivity index (χ1) is 12.8. The Bertz CT molecular complexity index is 753. The number of rotatable bonds is 8. The van der Waals surface area contributed by atoms with E-state index in [0.717, 1.165) is 0 Å². The average molecular weight is 362 g/mol. The van der Waals surface area contributed by atoms with Gasteiger partial charge in [-0.25, -0.2) is 0 Å². The summed E-state index contributed by atoms with van der Waals surface area (Å²) in [4.78, 5) is 0. The van der Waals surface area contributed by atoms with Crippen molar-refractivity contribution in [3.63, 3.8) is 0 Å². The van der Waals surface area contributed by atoms with Gasteiger partial charge in [0.25, 0.3) is 0 Å². The molecule has 26 heavy (non-hydrogen) atoms. The molecule has 0 unspecified atom stereocenters. The first-order valence-corrected chi connectivity index (χ1v) is 12.2. The van der Waals surface area contributed by atoms with E-state index in [2.05, 4.69) is 98.8 Å². The molecule has 3 aromatic rings. The van der Waals surface area contributed by atoms with Gasteiger partial charge in [-0.15, -0.1) is 0 Å². The third kappa shape index (κ3) is 3.76. The zero-order chi connectivity index (χ0) is 18.2. The standard InChI is InChI=1S/C25H31P/c1-3-5-14-22-15-12-13-20-25(22)26(21-4-2,23-16-8-6-9-17-23)24-18-10-7-11-19-24/h6-13,15-20,26H,3-5,14,21H2,1-2H3. The van der Waals surface area contributed by atoms with E-state index in [9.17, 15) is 0 Å². The summed E-state index contributed by atoms with van der Waals surface area (Å²) in [6.45, 7) is 4.62. The molecule has 136 valence electrons. The van der Waals surface area contributed by atoms with Gasteiger partial charge < -0.3 is 0 Å². The molecular weight excluding hydrogens is 331 g/mol. The van der Waals surface area contributed by atoms with Crippen LogP contribution < -0.4 is 15.9 Å². The Labute approximate surface area is 159 Å². The second-order valence-electron chi connectivity index (χ2n) is 7.15. The average Bonchev–Trinajstić information content (AvgIpc) is 2.72. The number of hydrogen-bond acceptors (Lipinski definition) is 0. The zero-order valence-electron chi connectivity index (χ0n) is 16.1. The van der Waals surface area contributed by atoms with Gasteiger partial charge in [0.05, 0.1) is 0 Å². The minimum absolute atomic E-state index is 1.19. The molecule has 0 bridgehead atoms. The topological polar surface area (TPSA) is 0 Å². The molecule has 0 radical (unpaired) electrons. The van der Waals surface area contributed by atoms with Crippen LogP contribution in [0.25, 0.3) is 0 Å². The molecule has 0 heterocycles. The minimum atomic E-state index is -2.02. The van der Waals surface area contributed by atoms with Gasteiger partial charge in [0, 0.05) is 0 Å². The molecule has 0 saturated carbocycles. The summed E-state index contributed by atoms with van der Waals surface area (Å²) < 4.78 is 0. The van der Waals surface area contributed by atoms with Gasteiger partial charge in [-0.05, 0) is 0 Å². The van der Waals surface area contributed by atoms with Crippen molar-refractivity contribution in [2.45, 2.75) is 39.5 Å². The molecule has 0 aliphatic rings. The van der Waals surface area contributed by atoms with Gasteiger partial charge in [-0.3, -0.25) is 0 Å². The van der Waals surface area contributed by atoms with E-state index in [4.69, 9.17) is 0 Å². The third-order valence-electron chi connectivity index (χ3n) is 5.43. The van der Waals surface area contributed by atoms with E-state index in [-0.39, 0.29) is 0 Å². The molecule has 0 aliphatic heterocycles. The summed E-state index contributed by atoms with van der Waals surface area (Å²) in [7, 11) is -2.02. The number of hydrogen-bond donors (Lipinski definition) is 0. The Balaban J connectivity index is 2.28. The van der Waals surface area contributed by atoms with Gasteiger partial charge in [0.1, 0.15) is 0 Å². The van der Waals surface area contributed by atoms with Gasteiger partial charge in [0.15, 0.2) is 0 Å². The van der Waals surface area contributed by atoms with Gasteiger partial charge in [-0.2, -0.15) is 0 Å². The first kappa shape index (κ1) is 18.9. The van der Waals surface area contributed by atoms with Crippen LogP contribution in [-0.4, -0.2) is 6.16 Å². The van der Waals surface area contributed by atoms with Crippen molar-refractivity contribution in [2.75, 3.05) is 6.16 Å². The van der Waals surface area contributed by atoms with Gasteiger partial charge in [-0.1, -0.05) is 0 Å². The Morgan fingerprint density at radius 2 is 1.15 bits per heavy atom. The molecule has 0 aromatic heterocycles. The predicted octanol–water partition coefficient (Wildman–Crippen LogP) is 5.47. The van der Waals surface area contributed by atoms with E-state index in [0.29, 0.717) is 0 Å². The van der Waals surface area contributed by atoms with E-state index >= 15 is 0 Å². The predicted molar refractivity (Wildman–Crippen MR) is 120 cm³/mol. The molecule has 3 aromatic carbocycles.